The van der Waals surface area contributed by atoms with Crippen LogP contribution in [0.25, 0.3) is 44.5 Å². The van der Waals surface area contributed by atoms with E-state index in [4.69, 9.17) is 0 Å². The molecule has 0 amide bonds. The van der Waals surface area contributed by atoms with Gasteiger partial charge in [-0.1, -0.05) is 136 Å². The molecule has 0 spiro atoms. The highest BCUT2D eigenvalue weighted by molar-refractivity contribution is 7.67. The first kappa shape index (κ1) is 22.7. The SMILES string of the molecule is C=C/C=C(C=C)/C=C/c1ccc2c(c1)c1cc(/C=C/c3ccccc3)ccc1p2-c1ccccc1. The van der Waals surface area contributed by atoms with Crippen LogP contribution in [0.4, 0.5) is 0 Å². The van der Waals surface area contributed by atoms with Crippen LogP contribution in [-0.4, -0.2) is 0 Å². The van der Waals surface area contributed by atoms with Crippen LogP contribution in [0, 0.1) is 0 Å². The molecule has 1 heterocycles. The van der Waals surface area contributed by atoms with Gasteiger partial charge in [-0.3, -0.25) is 0 Å². The van der Waals surface area contributed by atoms with Gasteiger partial charge in [-0.05, 0) is 62.6 Å². The molecule has 0 aliphatic rings. The third-order valence-corrected chi connectivity index (χ3v) is 8.67. The van der Waals surface area contributed by atoms with E-state index in [0.29, 0.717) is 0 Å². The van der Waals surface area contributed by atoms with Gasteiger partial charge in [0.1, 0.15) is 0 Å². The van der Waals surface area contributed by atoms with Crippen LogP contribution in [-0.2, 0) is 0 Å². The molecule has 5 rings (SSSR count). The minimum absolute atomic E-state index is 0.569. The molecule has 0 nitrogen and oxygen atoms in total. The Hall–Kier alpha value is -4.12. The number of rotatable bonds is 7. The molecular formula is C34H27P. The Morgan fingerprint density at radius 1 is 0.600 bits per heavy atom. The van der Waals surface area contributed by atoms with E-state index < -0.39 is 7.53 Å². The van der Waals surface area contributed by atoms with Gasteiger partial charge in [-0.15, -0.1) is 0 Å². The first-order valence-electron chi connectivity index (χ1n) is 11.8. The van der Waals surface area contributed by atoms with Crippen molar-refractivity contribution >= 4 is 46.8 Å². The van der Waals surface area contributed by atoms with E-state index in [-0.39, 0.29) is 0 Å². The van der Waals surface area contributed by atoms with Crippen molar-refractivity contribution in [2.45, 2.75) is 0 Å². The molecule has 0 fully saturated rings. The maximum atomic E-state index is 3.90. The summed E-state index contributed by atoms with van der Waals surface area (Å²) in [4.78, 5) is 0. The van der Waals surface area contributed by atoms with Crippen LogP contribution in [0.1, 0.15) is 16.7 Å². The van der Waals surface area contributed by atoms with E-state index >= 15 is 0 Å². The van der Waals surface area contributed by atoms with Gasteiger partial charge < -0.3 is 0 Å². The Morgan fingerprint density at radius 2 is 1.17 bits per heavy atom. The van der Waals surface area contributed by atoms with E-state index in [0.717, 1.165) is 5.57 Å². The molecule has 1 heteroatoms. The van der Waals surface area contributed by atoms with Gasteiger partial charge in [0, 0.05) is 10.2 Å². The largest absolute Gasteiger partial charge is 0.0990 e. The fraction of sp³-hybridized carbons (Fsp3) is 0. The number of benzene rings is 4. The van der Waals surface area contributed by atoms with Crippen molar-refractivity contribution in [3.05, 3.63) is 157 Å². The zero-order valence-corrected chi connectivity index (χ0v) is 20.5. The minimum Gasteiger partial charge on any atom is -0.0990 e. The molecule has 1 atom stereocenters. The van der Waals surface area contributed by atoms with E-state index in [1.54, 1.807) is 6.08 Å². The van der Waals surface area contributed by atoms with Crippen LogP contribution in [0.15, 0.2) is 140 Å². The van der Waals surface area contributed by atoms with Crippen molar-refractivity contribution in [3.63, 3.8) is 0 Å². The van der Waals surface area contributed by atoms with Crippen LogP contribution < -0.4 is 0 Å². The molecule has 0 aliphatic heterocycles. The monoisotopic (exact) mass is 466 g/mol. The van der Waals surface area contributed by atoms with Crippen LogP contribution in [0.3, 0.4) is 0 Å². The second-order valence-corrected chi connectivity index (χ2v) is 10.6. The smallest absolute Gasteiger partial charge is 0.00687 e. The maximum absolute atomic E-state index is 3.90. The fourth-order valence-corrected chi connectivity index (χ4v) is 6.98. The lowest BCUT2D eigenvalue weighted by Gasteiger charge is -2.04. The summed E-state index contributed by atoms with van der Waals surface area (Å²) < 4.78 is 0. The predicted molar refractivity (Wildman–Crippen MR) is 158 cm³/mol. The molecule has 0 saturated carbocycles. The quantitative estimate of drug-likeness (QED) is 0.165. The zero-order valence-electron chi connectivity index (χ0n) is 19.6. The van der Waals surface area contributed by atoms with E-state index in [1.165, 1.54) is 43.0 Å². The number of hydrogen-bond donors (Lipinski definition) is 0. The molecule has 0 saturated heterocycles. The zero-order chi connectivity index (χ0) is 24.0. The lowest BCUT2D eigenvalue weighted by Crippen LogP contribution is -1.75. The van der Waals surface area contributed by atoms with Gasteiger partial charge in [0.25, 0.3) is 0 Å². The Labute approximate surface area is 208 Å². The van der Waals surface area contributed by atoms with Crippen LogP contribution >= 0.6 is 7.53 Å². The van der Waals surface area contributed by atoms with Crippen LogP contribution in [0.2, 0.25) is 0 Å². The average molecular weight is 467 g/mol. The molecule has 4 aromatic carbocycles. The standard InChI is InChI=1S/C34H27P/c1-3-11-26(4-2)16-18-28-20-22-33-31(24-28)32-25-29(19-17-27-12-7-5-8-13-27)21-23-34(32)35(33)30-14-9-6-10-15-30/h3-25H,1-2H2/b18-16+,19-17+,26-11+. The second-order valence-electron chi connectivity index (χ2n) is 8.41. The summed E-state index contributed by atoms with van der Waals surface area (Å²) in [7, 11) is -0.569. The highest BCUT2D eigenvalue weighted by Crippen LogP contribution is 2.55. The molecule has 1 unspecified atom stereocenters. The topological polar surface area (TPSA) is 0 Å². The molecule has 0 bridgehead atoms. The summed E-state index contributed by atoms with van der Waals surface area (Å²) in [6.07, 6.45) is 14.2. The van der Waals surface area contributed by atoms with Crippen LogP contribution in [0.5, 0.6) is 0 Å². The third-order valence-electron chi connectivity index (χ3n) is 6.11. The summed E-state index contributed by atoms with van der Waals surface area (Å²) in [5, 5.41) is 6.91. The molecule has 1 aromatic heterocycles. The normalized spacial score (nSPS) is 12.7. The molecule has 0 aliphatic carbocycles. The predicted octanol–water partition coefficient (Wildman–Crippen LogP) is 10.5. The maximum Gasteiger partial charge on any atom is 0.00687 e. The molecule has 168 valence electrons. The summed E-state index contributed by atoms with van der Waals surface area (Å²) in [5.41, 5.74) is 4.65. The summed E-state index contributed by atoms with van der Waals surface area (Å²) in [6, 6.07) is 35.2. The Bertz CT molecular complexity index is 1590. The molecular weight excluding hydrogens is 439 g/mol. The summed E-state index contributed by atoms with van der Waals surface area (Å²) >= 11 is 0. The first-order chi connectivity index (χ1) is 17.3. The first-order valence-corrected chi connectivity index (χ1v) is 13.1. The lowest BCUT2D eigenvalue weighted by molar-refractivity contribution is 1.66. The van der Waals surface area contributed by atoms with Gasteiger partial charge in [-0.25, -0.2) is 0 Å². The highest BCUT2D eigenvalue weighted by atomic mass is 31.1. The number of fused-ring (bicyclic) bond motifs is 3. The van der Waals surface area contributed by atoms with E-state index in [2.05, 4.69) is 128 Å². The molecule has 0 radical (unpaired) electrons. The van der Waals surface area contributed by atoms with Crippen molar-refractivity contribution in [3.8, 4) is 5.30 Å². The van der Waals surface area contributed by atoms with E-state index in [1.807, 2.05) is 18.2 Å². The van der Waals surface area contributed by atoms with Crippen molar-refractivity contribution in [1.82, 2.24) is 0 Å². The average Bonchev–Trinajstić information content (AvgIpc) is 3.24. The Balaban J connectivity index is 1.67. The number of allylic oxidation sites excluding steroid dienone is 5. The molecule has 5 aromatic rings. The summed E-state index contributed by atoms with van der Waals surface area (Å²) in [5.74, 6) is 0. The van der Waals surface area contributed by atoms with Crippen molar-refractivity contribution in [2.24, 2.45) is 0 Å². The van der Waals surface area contributed by atoms with Gasteiger partial charge in [0.2, 0.25) is 0 Å². The summed E-state index contributed by atoms with van der Waals surface area (Å²) in [6.45, 7) is 7.69. The lowest BCUT2D eigenvalue weighted by atomic mass is 10.1. The van der Waals surface area contributed by atoms with E-state index in [9.17, 15) is 0 Å². The van der Waals surface area contributed by atoms with Crippen molar-refractivity contribution < 1.29 is 0 Å². The third kappa shape index (κ3) is 4.90. The van der Waals surface area contributed by atoms with Gasteiger partial charge in [-0.2, -0.15) is 0 Å². The fourth-order valence-electron chi connectivity index (χ4n) is 4.40. The van der Waals surface area contributed by atoms with Crippen molar-refractivity contribution in [2.75, 3.05) is 0 Å². The van der Waals surface area contributed by atoms with Crippen molar-refractivity contribution in [1.29, 1.82) is 0 Å². The minimum atomic E-state index is -0.569. The van der Waals surface area contributed by atoms with Gasteiger partial charge in [0.05, 0.1) is 0 Å². The number of hydrogen-bond acceptors (Lipinski definition) is 0. The highest BCUT2D eigenvalue weighted by Gasteiger charge is 2.14. The molecule has 0 N–H and O–H groups in total. The van der Waals surface area contributed by atoms with Gasteiger partial charge >= 0.3 is 0 Å². The van der Waals surface area contributed by atoms with Gasteiger partial charge in [0.15, 0.2) is 0 Å². The Kier molecular flexibility index (Phi) is 6.75. The Morgan fingerprint density at radius 3 is 1.77 bits per heavy atom. The second kappa shape index (κ2) is 10.4. The molecule has 35 heavy (non-hydrogen) atoms.